The van der Waals surface area contributed by atoms with E-state index in [-0.39, 0.29) is 5.92 Å². The summed E-state index contributed by atoms with van der Waals surface area (Å²) in [7, 11) is 1.52. The van der Waals surface area contributed by atoms with Crippen LogP contribution in [-0.2, 0) is 4.79 Å². The van der Waals surface area contributed by atoms with Gasteiger partial charge in [0, 0.05) is 10.5 Å². The average Bonchev–Trinajstić information content (AvgIpc) is 2.39. The highest BCUT2D eigenvalue weighted by Gasteiger charge is 2.21. The van der Waals surface area contributed by atoms with Crippen molar-refractivity contribution in [1.82, 2.24) is 5.32 Å². The Morgan fingerprint density at radius 2 is 2.05 bits per heavy atom. The number of ether oxygens (including phenoxy) is 1. The maximum atomic E-state index is 11.9. The Bertz CT molecular complexity index is 520. The number of carbonyl (C=O) groups is 2. The molecule has 0 saturated heterocycles. The van der Waals surface area contributed by atoms with Gasteiger partial charge in [0.15, 0.2) is 0 Å². The number of methoxy groups -OCH3 is 1. The van der Waals surface area contributed by atoms with Crippen molar-refractivity contribution in [2.45, 2.75) is 26.3 Å². The number of benzene rings is 1. The van der Waals surface area contributed by atoms with Gasteiger partial charge in [-0.25, -0.2) is 9.59 Å². The zero-order valence-corrected chi connectivity index (χ0v) is 13.7. The molecule has 0 aliphatic rings. The summed E-state index contributed by atoms with van der Waals surface area (Å²) in [4.78, 5) is 23.0. The van der Waals surface area contributed by atoms with Crippen LogP contribution in [-0.4, -0.2) is 30.3 Å². The van der Waals surface area contributed by atoms with Gasteiger partial charge >= 0.3 is 12.0 Å². The molecule has 0 heterocycles. The van der Waals surface area contributed by atoms with Gasteiger partial charge in [0.1, 0.15) is 11.8 Å². The summed E-state index contributed by atoms with van der Waals surface area (Å²) in [6.07, 6.45) is 0.363. The number of hydrogen-bond donors (Lipinski definition) is 3. The van der Waals surface area contributed by atoms with Crippen LogP contribution in [0.4, 0.5) is 10.5 Å². The van der Waals surface area contributed by atoms with Gasteiger partial charge < -0.3 is 20.5 Å². The van der Waals surface area contributed by atoms with E-state index in [1.165, 1.54) is 7.11 Å². The van der Waals surface area contributed by atoms with Crippen LogP contribution in [0, 0.1) is 5.92 Å². The summed E-state index contributed by atoms with van der Waals surface area (Å²) < 4.78 is 5.75. The van der Waals surface area contributed by atoms with E-state index in [0.29, 0.717) is 22.3 Å². The molecule has 0 spiro atoms. The van der Waals surface area contributed by atoms with E-state index in [1.807, 2.05) is 13.8 Å². The molecule has 116 valence electrons. The van der Waals surface area contributed by atoms with Crippen molar-refractivity contribution in [2.24, 2.45) is 5.92 Å². The smallest absolute Gasteiger partial charge is 0.326 e. The number of aliphatic carboxylic acids is 1. The van der Waals surface area contributed by atoms with Crippen molar-refractivity contribution in [3.63, 3.8) is 0 Å². The SMILES string of the molecule is COc1ccc(Br)c(NC(=O)N[C@@H](CC(C)C)C(=O)O)c1. The van der Waals surface area contributed by atoms with Crippen LogP contribution < -0.4 is 15.4 Å². The second-order valence-corrected chi connectivity index (χ2v) is 5.82. The van der Waals surface area contributed by atoms with Gasteiger partial charge in [-0.3, -0.25) is 0 Å². The third kappa shape index (κ3) is 5.63. The first-order valence-corrected chi connectivity index (χ1v) is 7.26. The lowest BCUT2D eigenvalue weighted by Crippen LogP contribution is -2.43. The third-order valence-corrected chi connectivity index (χ3v) is 3.42. The van der Waals surface area contributed by atoms with Crippen molar-refractivity contribution in [3.05, 3.63) is 22.7 Å². The fourth-order valence-electron chi connectivity index (χ4n) is 1.74. The molecular weight excluding hydrogens is 340 g/mol. The topological polar surface area (TPSA) is 87.7 Å². The molecule has 0 saturated carbocycles. The fourth-order valence-corrected chi connectivity index (χ4v) is 2.08. The van der Waals surface area contributed by atoms with Gasteiger partial charge in [0.2, 0.25) is 0 Å². The molecular formula is C14H19BrN2O4. The lowest BCUT2D eigenvalue weighted by molar-refractivity contribution is -0.139. The minimum atomic E-state index is -1.05. The number of hydrogen-bond acceptors (Lipinski definition) is 3. The summed E-state index contributed by atoms with van der Waals surface area (Å²) in [6.45, 7) is 3.79. The van der Waals surface area contributed by atoms with Gasteiger partial charge in [-0.15, -0.1) is 0 Å². The Kier molecular flexibility index (Phi) is 6.48. The molecule has 2 amide bonds. The fraction of sp³-hybridized carbons (Fsp3) is 0.429. The molecule has 0 aliphatic heterocycles. The molecule has 3 N–H and O–H groups in total. The second kappa shape index (κ2) is 7.87. The Balaban J connectivity index is 2.74. The first kappa shape index (κ1) is 17.3. The van der Waals surface area contributed by atoms with Crippen LogP contribution in [0.5, 0.6) is 5.75 Å². The summed E-state index contributed by atoms with van der Waals surface area (Å²) in [5, 5.41) is 14.2. The molecule has 6 nitrogen and oxygen atoms in total. The number of rotatable bonds is 6. The molecule has 1 rings (SSSR count). The Labute approximate surface area is 132 Å². The number of nitrogens with one attached hydrogen (secondary N) is 2. The first-order chi connectivity index (χ1) is 9.83. The maximum absolute atomic E-state index is 11.9. The van der Waals surface area contributed by atoms with E-state index in [9.17, 15) is 9.59 Å². The third-order valence-electron chi connectivity index (χ3n) is 2.73. The zero-order valence-electron chi connectivity index (χ0n) is 12.1. The van der Waals surface area contributed by atoms with Gasteiger partial charge in [0.25, 0.3) is 0 Å². The number of amides is 2. The number of halogens is 1. The largest absolute Gasteiger partial charge is 0.497 e. The molecule has 0 aliphatic carbocycles. The van der Waals surface area contributed by atoms with Crippen LogP contribution >= 0.6 is 15.9 Å². The van der Waals surface area contributed by atoms with Crippen molar-refractivity contribution < 1.29 is 19.4 Å². The lowest BCUT2D eigenvalue weighted by Gasteiger charge is -2.17. The maximum Gasteiger partial charge on any atom is 0.326 e. The second-order valence-electron chi connectivity index (χ2n) is 4.96. The van der Waals surface area contributed by atoms with Crippen LogP contribution in [0.3, 0.4) is 0 Å². The quantitative estimate of drug-likeness (QED) is 0.728. The van der Waals surface area contributed by atoms with Crippen molar-refractivity contribution in [3.8, 4) is 5.75 Å². The summed E-state index contributed by atoms with van der Waals surface area (Å²) in [6, 6.07) is 3.62. The zero-order chi connectivity index (χ0) is 16.0. The number of carbonyl (C=O) groups excluding carboxylic acids is 1. The Morgan fingerprint density at radius 1 is 1.38 bits per heavy atom. The monoisotopic (exact) mass is 358 g/mol. The molecule has 0 unspecified atom stereocenters. The van der Waals surface area contributed by atoms with Gasteiger partial charge in [-0.2, -0.15) is 0 Å². The number of carboxylic acid groups (broad SMARTS) is 1. The van der Waals surface area contributed by atoms with Crippen molar-refractivity contribution in [2.75, 3.05) is 12.4 Å². The van der Waals surface area contributed by atoms with E-state index in [2.05, 4.69) is 26.6 Å². The highest BCUT2D eigenvalue weighted by atomic mass is 79.9. The predicted molar refractivity (Wildman–Crippen MR) is 83.7 cm³/mol. The van der Waals surface area contributed by atoms with E-state index in [1.54, 1.807) is 18.2 Å². The van der Waals surface area contributed by atoms with E-state index in [0.717, 1.165) is 0 Å². The number of carboxylic acids is 1. The van der Waals surface area contributed by atoms with E-state index >= 15 is 0 Å². The van der Waals surface area contributed by atoms with E-state index in [4.69, 9.17) is 9.84 Å². The molecule has 21 heavy (non-hydrogen) atoms. The normalized spacial score (nSPS) is 11.9. The summed E-state index contributed by atoms with van der Waals surface area (Å²) in [5.41, 5.74) is 0.500. The highest BCUT2D eigenvalue weighted by molar-refractivity contribution is 9.10. The van der Waals surface area contributed by atoms with Crippen LogP contribution in [0.2, 0.25) is 0 Å². The molecule has 0 bridgehead atoms. The van der Waals surface area contributed by atoms with Crippen molar-refractivity contribution >= 4 is 33.6 Å². The molecule has 1 aromatic rings. The van der Waals surface area contributed by atoms with Crippen LogP contribution in [0.25, 0.3) is 0 Å². The number of anilines is 1. The minimum Gasteiger partial charge on any atom is -0.497 e. The molecule has 0 fully saturated rings. The first-order valence-electron chi connectivity index (χ1n) is 6.47. The molecule has 1 aromatic carbocycles. The molecule has 0 aromatic heterocycles. The van der Waals surface area contributed by atoms with E-state index < -0.39 is 18.0 Å². The van der Waals surface area contributed by atoms with Crippen LogP contribution in [0.15, 0.2) is 22.7 Å². The Hall–Kier alpha value is -1.76. The predicted octanol–water partition coefficient (Wildman–Crippen LogP) is 3.08. The van der Waals surface area contributed by atoms with Crippen LogP contribution in [0.1, 0.15) is 20.3 Å². The van der Waals surface area contributed by atoms with Gasteiger partial charge in [0.05, 0.1) is 12.8 Å². The van der Waals surface area contributed by atoms with Gasteiger partial charge in [-0.05, 0) is 40.4 Å². The Morgan fingerprint density at radius 3 is 2.57 bits per heavy atom. The lowest BCUT2D eigenvalue weighted by atomic mass is 10.0. The standard InChI is InChI=1S/C14H19BrN2O4/c1-8(2)6-12(13(18)19)17-14(20)16-11-7-9(21-3)4-5-10(11)15/h4-5,7-8,12H,6H2,1-3H3,(H,18,19)(H2,16,17,20)/t12-/m0/s1. The summed E-state index contributed by atoms with van der Waals surface area (Å²) in [5.74, 6) is -0.302. The average molecular weight is 359 g/mol. The number of urea groups is 1. The van der Waals surface area contributed by atoms with Crippen molar-refractivity contribution in [1.29, 1.82) is 0 Å². The molecule has 0 radical (unpaired) electrons. The van der Waals surface area contributed by atoms with Gasteiger partial charge in [-0.1, -0.05) is 13.8 Å². The molecule has 7 heteroatoms. The highest BCUT2D eigenvalue weighted by Crippen LogP contribution is 2.27. The summed E-state index contributed by atoms with van der Waals surface area (Å²) >= 11 is 3.31. The minimum absolute atomic E-state index is 0.162. The molecule has 1 atom stereocenters.